The highest BCUT2D eigenvalue weighted by molar-refractivity contribution is 9.10. The number of rotatable bonds is 5. The van der Waals surface area contributed by atoms with E-state index < -0.39 is 0 Å². The van der Waals surface area contributed by atoms with E-state index in [4.69, 9.17) is 5.73 Å². The van der Waals surface area contributed by atoms with Gasteiger partial charge in [-0.05, 0) is 37.1 Å². The van der Waals surface area contributed by atoms with Crippen LogP contribution in [0.15, 0.2) is 33.6 Å². The van der Waals surface area contributed by atoms with E-state index in [9.17, 15) is 0 Å². The van der Waals surface area contributed by atoms with Crippen molar-refractivity contribution in [2.75, 3.05) is 6.54 Å². The van der Waals surface area contributed by atoms with E-state index in [-0.39, 0.29) is 4.75 Å². The van der Waals surface area contributed by atoms with Crippen molar-refractivity contribution in [2.45, 2.75) is 36.3 Å². The molecule has 2 N–H and O–H groups in total. The summed E-state index contributed by atoms with van der Waals surface area (Å²) in [6, 6.07) is 8.44. The van der Waals surface area contributed by atoms with E-state index in [1.807, 2.05) is 11.8 Å². The molecule has 0 saturated carbocycles. The zero-order valence-corrected chi connectivity index (χ0v) is 11.7. The third-order valence-corrected chi connectivity index (χ3v) is 5.02. The fourth-order valence-corrected chi connectivity index (χ4v) is 2.89. The second kappa shape index (κ2) is 5.92. The molecular weight excluding hydrogens is 270 g/mol. The Morgan fingerprint density at radius 3 is 2.13 bits per heavy atom. The predicted octanol–water partition coefficient (Wildman–Crippen LogP) is 4.06. The molecule has 1 aromatic carbocycles. The van der Waals surface area contributed by atoms with Crippen LogP contribution in [0.2, 0.25) is 0 Å². The highest BCUT2D eigenvalue weighted by Gasteiger charge is 2.25. The largest absolute Gasteiger partial charge is 0.329 e. The maximum absolute atomic E-state index is 5.88. The molecule has 1 aromatic rings. The summed E-state index contributed by atoms with van der Waals surface area (Å²) in [5.74, 6) is 0. The summed E-state index contributed by atoms with van der Waals surface area (Å²) in [6.45, 7) is 5.16. The minimum absolute atomic E-state index is 0.202. The third kappa shape index (κ3) is 3.51. The van der Waals surface area contributed by atoms with Crippen LogP contribution < -0.4 is 5.73 Å². The summed E-state index contributed by atoms with van der Waals surface area (Å²) >= 11 is 5.34. The van der Waals surface area contributed by atoms with Crippen molar-refractivity contribution in [3.05, 3.63) is 28.7 Å². The van der Waals surface area contributed by atoms with Crippen LogP contribution in [0.3, 0.4) is 0 Å². The van der Waals surface area contributed by atoms with Gasteiger partial charge in [0, 0.05) is 20.7 Å². The third-order valence-electron chi connectivity index (χ3n) is 2.81. The van der Waals surface area contributed by atoms with Crippen molar-refractivity contribution in [2.24, 2.45) is 5.73 Å². The Bertz CT molecular complexity index is 285. The van der Waals surface area contributed by atoms with Gasteiger partial charge in [0.1, 0.15) is 0 Å². The first-order valence-corrected chi connectivity index (χ1v) is 6.91. The van der Waals surface area contributed by atoms with Gasteiger partial charge >= 0.3 is 0 Å². The standard InChI is InChI=1S/C12H18BrNS/c1-3-12(4-2,9-14)15-11-7-5-10(13)6-8-11/h5-8H,3-4,9,14H2,1-2H3. The number of benzene rings is 1. The average Bonchev–Trinajstić information content (AvgIpc) is 2.29. The van der Waals surface area contributed by atoms with Crippen LogP contribution in [-0.4, -0.2) is 11.3 Å². The lowest BCUT2D eigenvalue weighted by Gasteiger charge is -2.29. The minimum atomic E-state index is 0.202. The first kappa shape index (κ1) is 13.1. The molecule has 84 valence electrons. The van der Waals surface area contributed by atoms with E-state index in [0.29, 0.717) is 0 Å². The van der Waals surface area contributed by atoms with Crippen LogP contribution in [0.4, 0.5) is 0 Å². The molecule has 0 atom stereocenters. The molecule has 15 heavy (non-hydrogen) atoms. The summed E-state index contributed by atoms with van der Waals surface area (Å²) in [7, 11) is 0. The Balaban J connectivity index is 2.78. The topological polar surface area (TPSA) is 26.0 Å². The SMILES string of the molecule is CCC(CC)(CN)Sc1ccc(Br)cc1. The van der Waals surface area contributed by atoms with Gasteiger partial charge in [-0.1, -0.05) is 29.8 Å². The number of hydrogen-bond donors (Lipinski definition) is 1. The minimum Gasteiger partial charge on any atom is -0.329 e. The molecule has 3 heteroatoms. The number of halogens is 1. The van der Waals surface area contributed by atoms with E-state index in [2.05, 4.69) is 54.0 Å². The Morgan fingerprint density at radius 1 is 1.20 bits per heavy atom. The van der Waals surface area contributed by atoms with Crippen molar-refractivity contribution < 1.29 is 0 Å². The first-order valence-electron chi connectivity index (χ1n) is 5.30. The zero-order valence-electron chi connectivity index (χ0n) is 9.29. The lowest BCUT2D eigenvalue weighted by molar-refractivity contribution is 0.558. The summed E-state index contributed by atoms with van der Waals surface area (Å²) in [5.41, 5.74) is 5.88. The second-order valence-corrected chi connectivity index (χ2v) is 6.11. The Labute approximate surface area is 105 Å². The maximum Gasteiger partial charge on any atom is 0.0324 e. The monoisotopic (exact) mass is 287 g/mol. The van der Waals surface area contributed by atoms with Gasteiger partial charge in [0.25, 0.3) is 0 Å². The molecule has 0 bridgehead atoms. The van der Waals surface area contributed by atoms with Crippen LogP contribution in [-0.2, 0) is 0 Å². The molecule has 0 fully saturated rings. The molecule has 0 aliphatic carbocycles. The van der Waals surface area contributed by atoms with Gasteiger partial charge in [-0.25, -0.2) is 0 Å². The van der Waals surface area contributed by atoms with Crippen LogP contribution in [0.5, 0.6) is 0 Å². The van der Waals surface area contributed by atoms with Crippen molar-refractivity contribution in [3.8, 4) is 0 Å². The molecule has 0 radical (unpaired) electrons. The molecular formula is C12H18BrNS. The molecule has 0 saturated heterocycles. The summed E-state index contributed by atoms with van der Waals surface area (Å²) < 4.78 is 1.33. The van der Waals surface area contributed by atoms with Gasteiger partial charge in [0.15, 0.2) is 0 Å². The van der Waals surface area contributed by atoms with Crippen LogP contribution in [0, 0.1) is 0 Å². The van der Waals surface area contributed by atoms with Crippen LogP contribution in [0.25, 0.3) is 0 Å². The molecule has 0 aliphatic rings. The molecule has 0 aliphatic heterocycles. The van der Waals surface area contributed by atoms with Gasteiger partial charge in [0.2, 0.25) is 0 Å². The van der Waals surface area contributed by atoms with Crippen molar-refractivity contribution in [1.82, 2.24) is 0 Å². The zero-order chi connectivity index (χ0) is 11.3. The van der Waals surface area contributed by atoms with Gasteiger partial charge < -0.3 is 5.73 Å². The first-order chi connectivity index (χ1) is 7.15. The summed E-state index contributed by atoms with van der Waals surface area (Å²) in [4.78, 5) is 1.30. The molecule has 1 nitrogen and oxygen atoms in total. The fourth-order valence-electron chi connectivity index (χ4n) is 1.48. The van der Waals surface area contributed by atoms with Crippen LogP contribution in [0.1, 0.15) is 26.7 Å². The highest BCUT2D eigenvalue weighted by Crippen LogP contribution is 2.37. The van der Waals surface area contributed by atoms with Gasteiger partial charge in [-0.2, -0.15) is 0 Å². The van der Waals surface area contributed by atoms with Crippen molar-refractivity contribution in [1.29, 1.82) is 0 Å². The number of nitrogens with two attached hydrogens (primary N) is 1. The lowest BCUT2D eigenvalue weighted by atomic mass is 10.0. The second-order valence-electron chi connectivity index (χ2n) is 3.65. The summed E-state index contributed by atoms with van der Waals surface area (Å²) in [6.07, 6.45) is 2.22. The summed E-state index contributed by atoms with van der Waals surface area (Å²) in [5, 5.41) is 0. The Hall–Kier alpha value is 0.01000. The molecule has 0 unspecified atom stereocenters. The van der Waals surface area contributed by atoms with E-state index >= 15 is 0 Å². The van der Waals surface area contributed by atoms with Gasteiger partial charge in [0.05, 0.1) is 0 Å². The smallest absolute Gasteiger partial charge is 0.0324 e. The van der Waals surface area contributed by atoms with E-state index in [1.165, 1.54) is 4.90 Å². The van der Waals surface area contributed by atoms with E-state index in [1.54, 1.807) is 0 Å². The van der Waals surface area contributed by atoms with E-state index in [0.717, 1.165) is 23.9 Å². The Morgan fingerprint density at radius 2 is 1.73 bits per heavy atom. The molecule has 0 spiro atoms. The lowest BCUT2D eigenvalue weighted by Crippen LogP contribution is -2.32. The normalized spacial score (nSPS) is 11.7. The number of thioether (sulfide) groups is 1. The quantitative estimate of drug-likeness (QED) is 0.827. The molecule has 1 rings (SSSR count). The molecule has 0 amide bonds. The predicted molar refractivity (Wildman–Crippen MR) is 72.4 cm³/mol. The number of hydrogen-bond acceptors (Lipinski definition) is 2. The van der Waals surface area contributed by atoms with Gasteiger partial charge in [-0.3, -0.25) is 0 Å². The molecule has 0 aromatic heterocycles. The fraction of sp³-hybridized carbons (Fsp3) is 0.500. The van der Waals surface area contributed by atoms with Crippen molar-refractivity contribution >= 4 is 27.7 Å². The van der Waals surface area contributed by atoms with Crippen molar-refractivity contribution in [3.63, 3.8) is 0 Å². The average molecular weight is 288 g/mol. The molecule has 0 heterocycles. The Kier molecular flexibility index (Phi) is 5.16. The maximum atomic E-state index is 5.88. The van der Waals surface area contributed by atoms with Gasteiger partial charge in [-0.15, -0.1) is 11.8 Å². The van der Waals surface area contributed by atoms with Crippen LogP contribution >= 0.6 is 27.7 Å². The highest BCUT2D eigenvalue weighted by atomic mass is 79.9.